The molecule has 0 aliphatic carbocycles. The molecule has 0 aromatic carbocycles. The number of aliphatic carboxylic acids is 1. The molecule has 1 unspecified atom stereocenters. The van der Waals surface area contributed by atoms with Gasteiger partial charge in [0.2, 0.25) is 11.8 Å². The summed E-state index contributed by atoms with van der Waals surface area (Å²) >= 11 is 1.59. The lowest BCUT2D eigenvalue weighted by Gasteiger charge is -2.36. The first kappa shape index (κ1) is 16.0. The molecule has 0 bridgehead atoms. The van der Waals surface area contributed by atoms with Crippen LogP contribution in [-0.2, 0) is 20.8 Å². The Labute approximate surface area is 138 Å². The summed E-state index contributed by atoms with van der Waals surface area (Å²) in [5.74, 6) is -1.43. The van der Waals surface area contributed by atoms with Crippen LogP contribution in [0.1, 0.15) is 24.8 Å². The molecule has 0 spiro atoms. The Morgan fingerprint density at radius 1 is 1.30 bits per heavy atom. The number of hydrogen-bond donors (Lipinski definition) is 1. The van der Waals surface area contributed by atoms with E-state index in [4.69, 9.17) is 5.11 Å². The third-order valence-electron chi connectivity index (χ3n) is 4.70. The van der Waals surface area contributed by atoms with Crippen LogP contribution >= 0.6 is 11.3 Å². The van der Waals surface area contributed by atoms with E-state index in [1.165, 1.54) is 0 Å². The summed E-state index contributed by atoms with van der Waals surface area (Å²) in [6.45, 7) is 1.58. The summed E-state index contributed by atoms with van der Waals surface area (Å²) in [5, 5.41) is 13.0. The van der Waals surface area contributed by atoms with Gasteiger partial charge in [-0.1, -0.05) is 0 Å². The maximum atomic E-state index is 12.3. The van der Waals surface area contributed by atoms with Gasteiger partial charge in [-0.05, 0) is 35.2 Å². The van der Waals surface area contributed by atoms with Crippen molar-refractivity contribution in [3.8, 4) is 0 Å². The normalized spacial score (nSPS) is 22.6. The fourth-order valence-corrected chi connectivity index (χ4v) is 4.03. The van der Waals surface area contributed by atoms with Crippen molar-refractivity contribution in [3.63, 3.8) is 0 Å². The molecule has 2 aliphatic heterocycles. The molecule has 1 aromatic heterocycles. The molecule has 3 heterocycles. The highest BCUT2D eigenvalue weighted by atomic mass is 32.1. The van der Waals surface area contributed by atoms with Gasteiger partial charge >= 0.3 is 5.97 Å². The van der Waals surface area contributed by atoms with Crippen LogP contribution in [0.2, 0.25) is 0 Å². The summed E-state index contributed by atoms with van der Waals surface area (Å²) in [6, 6.07) is 2.03. The second-order valence-corrected chi connectivity index (χ2v) is 6.99. The summed E-state index contributed by atoms with van der Waals surface area (Å²) in [6.07, 6.45) is 1.99. The zero-order chi connectivity index (χ0) is 16.4. The minimum atomic E-state index is -0.899. The van der Waals surface area contributed by atoms with Gasteiger partial charge in [-0.15, -0.1) is 0 Å². The lowest BCUT2D eigenvalue weighted by atomic mass is 10.0. The van der Waals surface area contributed by atoms with Gasteiger partial charge < -0.3 is 14.9 Å². The number of carboxylic acid groups (broad SMARTS) is 1. The minimum absolute atomic E-state index is 0.0667. The summed E-state index contributed by atoms with van der Waals surface area (Å²) < 4.78 is 0. The second-order valence-electron chi connectivity index (χ2n) is 6.21. The van der Waals surface area contributed by atoms with Gasteiger partial charge in [0.05, 0.1) is 12.3 Å². The number of thiophene rings is 1. The topological polar surface area (TPSA) is 77.9 Å². The maximum Gasteiger partial charge on any atom is 0.308 e. The van der Waals surface area contributed by atoms with E-state index in [1.807, 2.05) is 21.7 Å². The number of hydrogen-bond acceptors (Lipinski definition) is 4. The van der Waals surface area contributed by atoms with Gasteiger partial charge in [-0.25, -0.2) is 0 Å². The molecule has 1 N–H and O–H groups in total. The van der Waals surface area contributed by atoms with Gasteiger partial charge in [0, 0.05) is 32.1 Å². The summed E-state index contributed by atoms with van der Waals surface area (Å²) in [4.78, 5) is 38.9. The fraction of sp³-hybridized carbons (Fsp3) is 0.562. The van der Waals surface area contributed by atoms with Gasteiger partial charge in [0.1, 0.15) is 0 Å². The highest BCUT2D eigenvalue weighted by molar-refractivity contribution is 7.08. The van der Waals surface area contributed by atoms with Crippen molar-refractivity contribution < 1.29 is 19.5 Å². The third kappa shape index (κ3) is 3.55. The van der Waals surface area contributed by atoms with Crippen molar-refractivity contribution >= 4 is 29.1 Å². The number of rotatable bonds is 4. The van der Waals surface area contributed by atoms with Crippen LogP contribution in [0, 0.1) is 5.92 Å². The number of likely N-dealkylation sites (tertiary alicyclic amines) is 2. The Bertz CT molecular complexity index is 593. The molecule has 2 amide bonds. The molecule has 1 atom stereocenters. The number of nitrogens with zero attached hydrogens (tertiary/aromatic N) is 2. The Morgan fingerprint density at radius 2 is 2.04 bits per heavy atom. The van der Waals surface area contributed by atoms with Gasteiger partial charge in [0.25, 0.3) is 0 Å². The van der Waals surface area contributed by atoms with E-state index >= 15 is 0 Å². The average molecular weight is 336 g/mol. The van der Waals surface area contributed by atoms with Crippen molar-refractivity contribution in [1.29, 1.82) is 0 Å². The Balaban J connectivity index is 1.51. The molecule has 1 aromatic rings. The molecular weight excluding hydrogens is 316 g/mol. The first-order valence-electron chi connectivity index (χ1n) is 7.85. The molecule has 3 rings (SSSR count). The van der Waals surface area contributed by atoms with E-state index in [1.54, 1.807) is 16.2 Å². The smallest absolute Gasteiger partial charge is 0.308 e. The van der Waals surface area contributed by atoms with E-state index in [0.717, 1.165) is 18.4 Å². The molecule has 124 valence electrons. The largest absolute Gasteiger partial charge is 0.481 e. The van der Waals surface area contributed by atoms with E-state index in [-0.39, 0.29) is 24.3 Å². The number of carbonyl (C=O) groups excluding carboxylic acids is 2. The van der Waals surface area contributed by atoms with Crippen LogP contribution in [0.15, 0.2) is 16.8 Å². The minimum Gasteiger partial charge on any atom is -0.481 e. The Morgan fingerprint density at radius 3 is 2.61 bits per heavy atom. The van der Waals surface area contributed by atoms with E-state index < -0.39 is 11.9 Å². The van der Waals surface area contributed by atoms with Crippen molar-refractivity contribution in [2.45, 2.75) is 31.7 Å². The first-order valence-corrected chi connectivity index (χ1v) is 8.80. The summed E-state index contributed by atoms with van der Waals surface area (Å²) in [5.41, 5.74) is 1.04. The molecule has 0 radical (unpaired) electrons. The molecule has 0 saturated carbocycles. The average Bonchev–Trinajstić information content (AvgIpc) is 3.17. The van der Waals surface area contributed by atoms with Crippen LogP contribution in [0.4, 0.5) is 0 Å². The molecular formula is C16H20N2O4S. The van der Waals surface area contributed by atoms with Crippen LogP contribution in [0.25, 0.3) is 0 Å². The van der Waals surface area contributed by atoms with Crippen molar-refractivity contribution in [2.24, 2.45) is 5.92 Å². The van der Waals surface area contributed by atoms with Crippen LogP contribution in [-0.4, -0.2) is 58.4 Å². The third-order valence-corrected chi connectivity index (χ3v) is 5.43. The molecule has 2 aliphatic rings. The Hall–Kier alpha value is -1.89. The number of carbonyl (C=O) groups is 3. The highest BCUT2D eigenvalue weighted by Crippen LogP contribution is 2.26. The maximum absolute atomic E-state index is 12.3. The van der Waals surface area contributed by atoms with E-state index in [0.29, 0.717) is 26.1 Å². The predicted octanol–water partition coefficient (Wildman–Crippen LogP) is 1.21. The zero-order valence-electron chi connectivity index (χ0n) is 12.8. The van der Waals surface area contributed by atoms with Crippen LogP contribution in [0.3, 0.4) is 0 Å². The molecule has 2 saturated heterocycles. The van der Waals surface area contributed by atoms with E-state index in [2.05, 4.69) is 0 Å². The lowest BCUT2D eigenvalue weighted by Crippen LogP contribution is -2.47. The molecule has 7 heteroatoms. The molecule has 2 fully saturated rings. The van der Waals surface area contributed by atoms with E-state index in [9.17, 15) is 14.4 Å². The predicted molar refractivity (Wildman–Crippen MR) is 85.1 cm³/mol. The zero-order valence-corrected chi connectivity index (χ0v) is 13.6. The highest BCUT2D eigenvalue weighted by Gasteiger charge is 2.39. The monoisotopic (exact) mass is 336 g/mol. The van der Waals surface area contributed by atoms with Crippen molar-refractivity contribution in [2.75, 3.05) is 19.6 Å². The van der Waals surface area contributed by atoms with Gasteiger partial charge in [0.15, 0.2) is 0 Å². The van der Waals surface area contributed by atoms with Crippen LogP contribution < -0.4 is 0 Å². The molecule has 23 heavy (non-hydrogen) atoms. The SMILES string of the molecule is O=C(O)C1CC(=O)N(C2CCN(C(=O)Cc3ccsc3)CC2)C1. The first-order chi connectivity index (χ1) is 11.0. The van der Waals surface area contributed by atoms with Gasteiger partial charge in [-0.2, -0.15) is 11.3 Å². The number of piperidine rings is 1. The summed E-state index contributed by atoms with van der Waals surface area (Å²) in [7, 11) is 0. The van der Waals surface area contributed by atoms with Crippen molar-refractivity contribution in [1.82, 2.24) is 9.80 Å². The molecule has 6 nitrogen and oxygen atoms in total. The second kappa shape index (κ2) is 6.70. The quantitative estimate of drug-likeness (QED) is 0.897. The van der Waals surface area contributed by atoms with Gasteiger partial charge in [-0.3, -0.25) is 14.4 Å². The Kier molecular flexibility index (Phi) is 4.66. The standard InChI is InChI=1S/C16H20N2O4S/c19-14(7-11-3-6-23-10-11)17-4-1-13(2-5-17)18-9-12(16(21)22)8-15(18)20/h3,6,10,12-13H,1-2,4-5,7-9H2,(H,21,22). The number of carboxylic acids is 1. The van der Waals surface area contributed by atoms with Crippen LogP contribution in [0.5, 0.6) is 0 Å². The number of amides is 2. The fourth-order valence-electron chi connectivity index (χ4n) is 3.36. The van der Waals surface area contributed by atoms with Crippen molar-refractivity contribution in [3.05, 3.63) is 22.4 Å². The lowest BCUT2D eigenvalue weighted by molar-refractivity contribution is -0.141.